The summed E-state index contributed by atoms with van der Waals surface area (Å²) >= 11 is 0. The molecule has 0 aromatic heterocycles. The largest absolute Gasteiger partial charge is 0.508 e. The first kappa shape index (κ1) is 33.4. The van der Waals surface area contributed by atoms with Crippen LogP contribution in [0.2, 0.25) is 0 Å². The van der Waals surface area contributed by atoms with Crippen LogP contribution in [-0.2, 0) is 30.8 Å². The molecule has 3 atom stereocenters. The summed E-state index contributed by atoms with van der Waals surface area (Å²) in [5, 5.41) is 38.9. The number of carbonyl (C=O) groups is 2. The third-order valence-electron chi connectivity index (χ3n) is 7.86. The van der Waals surface area contributed by atoms with Gasteiger partial charge in [0, 0.05) is 36.8 Å². The van der Waals surface area contributed by atoms with Crippen molar-refractivity contribution in [2.75, 3.05) is 13.1 Å². The smallest absolute Gasteiger partial charge is 0.251 e. The highest BCUT2D eigenvalue weighted by Gasteiger charge is 2.13. The molecule has 1 unspecified atom stereocenters. The Balaban J connectivity index is 1.19. The molecule has 0 bridgehead atoms. The van der Waals surface area contributed by atoms with Gasteiger partial charge in [-0.15, -0.1) is 0 Å². The van der Waals surface area contributed by atoms with E-state index in [-0.39, 0.29) is 42.6 Å². The number of hydrogen-bond donors (Lipinski definition) is 6. The van der Waals surface area contributed by atoms with Crippen molar-refractivity contribution in [1.82, 2.24) is 16.0 Å². The first-order valence-corrected chi connectivity index (χ1v) is 15.3. The van der Waals surface area contributed by atoms with E-state index >= 15 is 0 Å². The average molecular weight is 610 g/mol. The predicted molar refractivity (Wildman–Crippen MR) is 176 cm³/mol. The van der Waals surface area contributed by atoms with E-state index in [1.54, 1.807) is 24.3 Å². The van der Waals surface area contributed by atoms with Crippen LogP contribution in [0.4, 0.5) is 0 Å². The van der Waals surface area contributed by atoms with Crippen LogP contribution in [0.15, 0.2) is 97.1 Å². The summed E-state index contributed by atoms with van der Waals surface area (Å²) in [6, 6.07) is 30.0. The summed E-state index contributed by atoms with van der Waals surface area (Å²) in [4.78, 5) is 25.3. The Hall–Kier alpha value is -4.50. The lowest BCUT2D eigenvalue weighted by molar-refractivity contribution is -0.120. The predicted octanol–water partition coefficient (Wildman–Crippen LogP) is 4.53. The Kier molecular flexibility index (Phi) is 12.3. The summed E-state index contributed by atoms with van der Waals surface area (Å²) in [7, 11) is 0. The summed E-state index contributed by atoms with van der Waals surface area (Å²) in [6.07, 6.45) is 0.184. The highest BCUT2D eigenvalue weighted by atomic mass is 16.3. The van der Waals surface area contributed by atoms with Gasteiger partial charge in [0.05, 0.1) is 19.1 Å². The van der Waals surface area contributed by atoms with E-state index in [4.69, 9.17) is 0 Å². The van der Waals surface area contributed by atoms with Gasteiger partial charge in [0.15, 0.2) is 0 Å². The van der Waals surface area contributed by atoms with E-state index in [0.717, 1.165) is 16.7 Å². The molecule has 0 spiro atoms. The maximum atomic E-state index is 12.7. The van der Waals surface area contributed by atoms with Crippen LogP contribution < -0.4 is 16.0 Å². The van der Waals surface area contributed by atoms with Crippen molar-refractivity contribution in [1.29, 1.82) is 0 Å². The number of aromatic hydroxyl groups is 1. The van der Waals surface area contributed by atoms with E-state index in [2.05, 4.69) is 35.0 Å². The van der Waals surface area contributed by atoms with Gasteiger partial charge in [-0.25, -0.2) is 0 Å². The van der Waals surface area contributed by atoms with Gasteiger partial charge >= 0.3 is 0 Å². The quantitative estimate of drug-likeness (QED) is 0.117. The van der Waals surface area contributed by atoms with Crippen LogP contribution in [0, 0.1) is 0 Å². The molecule has 8 heteroatoms. The number of benzene rings is 4. The summed E-state index contributed by atoms with van der Waals surface area (Å²) in [5.74, 6) is 0.00451. The van der Waals surface area contributed by atoms with Gasteiger partial charge in [-0.3, -0.25) is 9.59 Å². The lowest BCUT2D eigenvalue weighted by atomic mass is 10.0. The molecule has 8 nitrogen and oxygen atoms in total. The minimum Gasteiger partial charge on any atom is -0.508 e. The Morgan fingerprint density at radius 3 is 2.22 bits per heavy atom. The number of aliphatic hydroxyl groups excluding tert-OH is 2. The molecule has 4 rings (SSSR count). The maximum Gasteiger partial charge on any atom is 0.251 e. The number of hydrogen-bond acceptors (Lipinski definition) is 6. The standard InChI is InChI=1S/C37H43N3O5/c1-25(30-9-4-3-5-10-30)21-40-37(45)31-13-11-27(12-14-31)22-39-36(44)19-29-8-6-7-28(18-29)17-26(2)38-23-35(43)32-15-16-34(42)33(20-32)24-41/h3-16,18,20,25-26,35,38,41-43H,17,19,21-24H2,1-2H3,(H,39,44)(H,40,45)/t25-,26?,35+/m1/s1. The molecule has 0 saturated carbocycles. The van der Waals surface area contributed by atoms with E-state index < -0.39 is 6.10 Å². The molecule has 236 valence electrons. The van der Waals surface area contributed by atoms with E-state index in [1.807, 2.05) is 61.5 Å². The molecule has 0 radical (unpaired) electrons. The van der Waals surface area contributed by atoms with Crippen molar-refractivity contribution in [3.8, 4) is 5.75 Å². The van der Waals surface area contributed by atoms with Crippen LogP contribution in [0.5, 0.6) is 5.75 Å². The molecule has 0 heterocycles. The van der Waals surface area contributed by atoms with Gasteiger partial charge in [0.2, 0.25) is 5.91 Å². The molecule has 4 aromatic carbocycles. The molecular weight excluding hydrogens is 566 g/mol. The fourth-order valence-corrected chi connectivity index (χ4v) is 5.13. The van der Waals surface area contributed by atoms with Crippen LogP contribution in [0.1, 0.15) is 69.6 Å². The Morgan fingerprint density at radius 2 is 1.49 bits per heavy atom. The van der Waals surface area contributed by atoms with Crippen molar-refractivity contribution in [2.24, 2.45) is 0 Å². The Bertz CT molecular complexity index is 1540. The first-order valence-electron chi connectivity index (χ1n) is 15.3. The molecule has 2 amide bonds. The Morgan fingerprint density at radius 1 is 0.756 bits per heavy atom. The third kappa shape index (κ3) is 10.3. The van der Waals surface area contributed by atoms with Gasteiger partial charge in [0.25, 0.3) is 5.91 Å². The minimum absolute atomic E-state index is 0.00317. The number of nitrogens with one attached hydrogen (secondary N) is 3. The number of rotatable bonds is 15. The van der Waals surface area contributed by atoms with Crippen molar-refractivity contribution < 1.29 is 24.9 Å². The van der Waals surface area contributed by atoms with Gasteiger partial charge in [-0.05, 0) is 71.3 Å². The highest BCUT2D eigenvalue weighted by Crippen LogP contribution is 2.22. The number of amides is 2. The highest BCUT2D eigenvalue weighted by molar-refractivity contribution is 5.94. The summed E-state index contributed by atoms with van der Waals surface area (Å²) in [6.45, 7) is 5.05. The van der Waals surface area contributed by atoms with E-state index in [1.165, 1.54) is 11.6 Å². The normalized spacial score (nSPS) is 13.1. The molecule has 4 aromatic rings. The zero-order chi connectivity index (χ0) is 32.2. The summed E-state index contributed by atoms with van der Waals surface area (Å²) < 4.78 is 0. The lowest BCUT2D eigenvalue weighted by Gasteiger charge is -2.18. The zero-order valence-electron chi connectivity index (χ0n) is 25.9. The van der Waals surface area contributed by atoms with Crippen LogP contribution in [0.3, 0.4) is 0 Å². The lowest BCUT2D eigenvalue weighted by Crippen LogP contribution is -2.32. The molecule has 0 aliphatic rings. The van der Waals surface area contributed by atoms with Gasteiger partial charge < -0.3 is 31.3 Å². The first-order chi connectivity index (χ1) is 21.7. The van der Waals surface area contributed by atoms with Gasteiger partial charge in [-0.2, -0.15) is 0 Å². The zero-order valence-corrected chi connectivity index (χ0v) is 25.9. The number of aliphatic hydroxyl groups is 2. The van der Waals surface area contributed by atoms with E-state index in [9.17, 15) is 24.9 Å². The topological polar surface area (TPSA) is 131 Å². The van der Waals surface area contributed by atoms with Crippen molar-refractivity contribution in [2.45, 2.75) is 57.9 Å². The van der Waals surface area contributed by atoms with Crippen LogP contribution >= 0.6 is 0 Å². The van der Waals surface area contributed by atoms with Crippen molar-refractivity contribution in [3.63, 3.8) is 0 Å². The fourth-order valence-electron chi connectivity index (χ4n) is 5.13. The maximum absolute atomic E-state index is 12.7. The van der Waals surface area contributed by atoms with Gasteiger partial charge in [0.1, 0.15) is 5.75 Å². The SMILES string of the molecule is CC(Cc1cccc(CC(=O)NCc2ccc(C(=O)NC[C@@H](C)c3ccccc3)cc2)c1)NC[C@H](O)c1ccc(O)c(CO)c1. The molecule has 0 aliphatic heterocycles. The molecule has 0 saturated heterocycles. The molecule has 0 fully saturated rings. The summed E-state index contributed by atoms with van der Waals surface area (Å²) in [5.41, 5.74) is 5.66. The fraction of sp³-hybridized carbons (Fsp3) is 0.297. The third-order valence-corrected chi connectivity index (χ3v) is 7.86. The molecular formula is C37H43N3O5. The second-order valence-corrected chi connectivity index (χ2v) is 11.6. The van der Waals surface area contributed by atoms with Gasteiger partial charge in [-0.1, -0.05) is 79.7 Å². The van der Waals surface area contributed by atoms with Crippen LogP contribution in [0.25, 0.3) is 0 Å². The average Bonchev–Trinajstić information content (AvgIpc) is 3.06. The number of carbonyl (C=O) groups excluding carboxylic acids is 2. The van der Waals surface area contributed by atoms with Crippen molar-refractivity contribution in [3.05, 3.63) is 136 Å². The minimum atomic E-state index is -0.782. The monoisotopic (exact) mass is 609 g/mol. The van der Waals surface area contributed by atoms with E-state index in [0.29, 0.717) is 42.7 Å². The second kappa shape index (κ2) is 16.5. The Labute approximate surface area is 265 Å². The van der Waals surface area contributed by atoms with Crippen LogP contribution in [-0.4, -0.2) is 46.3 Å². The molecule has 45 heavy (non-hydrogen) atoms. The number of phenols is 1. The van der Waals surface area contributed by atoms with Crippen molar-refractivity contribution >= 4 is 11.8 Å². The molecule has 6 N–H and O–H groups in total. The second-order valence-electron chi connectivity index (χ2n) is 11.6. The molecule has 0 aliphatic carbocycles.